The summed E-state index contributed by atoms with van der Waals surface area (Å²) in [7, 11) is 0. The minimum Gasteiger partial charge on any atom is -0.0502 e. The molecule has 0 saturated heterocycles. The molecule has 121 valence electrons. The van der Waals surface area contributed by atoms with E-state index in [9.17, 15) is 0 Å². The van der Waals surface area contributed by atoms with E-state index >= 15 is 0 Å². The molecule has 6 aliphatic carbocycles. The molecule has 9 unspecified atom stereocenters. The van der Waals surface area contributed by atoms with E-state index in [2.05, 4.69) is 5.92 Å². The van der Waals surface area contributed by atoms with Crippen molar-refractivity contribution in [2.45, 2.75) is 77.0 Å². The number of fused-ring (bicyclic) bond motifs is 6. The van der Waals surface area contributed by atoms with Crippen molar-refractivity contribution in [3.63, 3.8) is 0 Å². The third kappa shape index (κ3) is 1.82. The first-order valence-corrected chi connectivity index (χ1v) is 10.7. The van der Waals surface area contributed by atoms with E-state index in [4.69, 9.17) is 0 Å². The highest BCUT2D eigenvalue weighted by Crippen LogP contribution is 2.65. The van der Waals surface area contributed by atoms with Crippen molar-refractivity contribution in [1.82, 2.24) is 0 Å². The Morgan fingerprint density at radius 2 is 0.773 bits per heavy atom. The SMILES string of the molecule is C1CC2CC1CC2[C](C1CC2CCC1C2)C1CC2CCC1C2. The lowest BCUT2D eigenvalue weighted by Crippen LogP contribution is -2.36. The van der Waals surface area contributed by atoms with Crippen LogP contribution in [0.2, 0.25) is 0 Å². The zero-order chi connectivity index (χ0) is 14.3. The predicted octanol–water partition coefficient (Wildman–Crippen LogP) is 5.87. The minimum atomic E-state index is 1.10. The van der Waals surface area contributed by atoms with Crippen molar-refractivity contribution in [3.05, 3.63) is 5.92 Å². The Labute approximate surface area is 136 Å². The smallest absolute Gasteiger partial charge is 0.0140 e. The van der Waals surface area contributed by atoms with Crippen LogP contribution in [0.25, 0.3) is 0 Å². The number of hydrogen-bond donors (Lipinski definition) is 0. The van der Waals surface area contributed by atoms with E-state index in [-0.39, 0.29) is 0 Å². The molecule has 0 spiro atoms. The average molecular weight is 298 g/mol. The van der Waals surface area contributed by atoms with E-state index in [1.54, 1.807) is 77.0 Å². The molecule has 6 fully saturated rings. The predicted molar refractivity (Wildman–Crippen MR) is 90.1 cm³/mol. The Balaban J connectivity index is 1.32. The van der Waals surface area contributed by atoms with Gasteiger partial charge >= 0.3 is 0 Å². The number of hydrogen-bond acceptors (Lipinski definition) is 0. The van der Waals surface area contributed by atoms with Crippen molar-refractivity contribution < 1.29 is 0 Å². The van der Waals surface area contributed by atoms with Gasteiger partial charge in [-0.05, 0) is 117 Å². The Bertz CT molecular complexity index is 386. The molecule has 0 amide bonds. The molecule has 6 aliphatic rings. The molecule has 0 aromatic rings. The largest absolute Gasteiger partial charge is 0.0502 e. The molecule has 22 heavy (non-hydrogen) atoms. The maximum atomic E-state index is 2.23. The molecule has 0 aromatic heterocycles. The molecule has 9 atom stereocenters. The second-order valence-corrected chi connectivity index (χ2v) is 10.3. The standard InChI is InChI=1S/C22H33/c1-4-16-7-13(1)10-19(16)22(20-11-14-2-5-17(20)8-14)21-12-15-3-6-18(21)9-15/h13-21H,1-12H2. The summed E-state index contributed by atoms with van der Waals surface area (Å²) in [6, 6.07) is 0. The van der Waals surface area contributed by atoms with Crippen molar-refractivity contribution in [3.8, 4) is 0 Å². The quantitative estimate of drug-likeness (QED) is 0.611. The average Bonchev–Trinajstić information content (AvgIpc) is 3.32. The highest BCUT2D eigenvalue weighted by Gasteiger charge is 2.55. The van der Waals surface area contributed by atoms with Crippen molar-refractivity contribution in [1.29, 1.82) is 0 Å². The van der Waals surface area contributed by atoms with Crippen molar-refractivity contribution in [2.24, 2.45) is 53.3 Å². The lowest BCUT2D eigenvalue weighted by Gasteiger charge is -2.44. The highest BCUT2D eigenvalue weighted by atomic mass is 14.6. The van der Waals surface area contributed by atoms with Crippen LogP contribution in [-0.2, 0) is 0 Å². The van der Waals surface area contributed by atoms with Crippen molar-refractivity contribution >= 4 is 0 Å². The van der Waals surface area contributed by atoms with Gasteiger partial charge in [0.2, 0.25) is 0 Å². The zero-order valence-electron chi connectivity index (χ0n) is 14.2. The molecule has 0 heteroatoms. The summed E-state index contributed by atoms with van der Waals surface area (Å²) in [5.74, 6) is 12.4. The lowest BCUT2D eigenvalue weighted by atomic mass is 9.61. The van der Waals surface area contributed by atoms with E-state index in [1.807, 2.05) is 0 Å². The molecule has 6 saturated carbocycles. The topological polar surface area (TPSA) is 0 Å². The van der Waals surface area contributed by atoms with Gasteiger partial charge < -0.3 is 0 Å². The van der Waals surface area contributed by atoms with Gasteiger partial charge in [-0.25, -0.2) is 0 Å². The summed E-state index contributed by atoms with van der Waals surface area (Å²) >= 11 is 0. The van der Waals surface area contributed by atoms with Gasteiger partial charge in [0.15, 0.2) is 0 Å². The third-order valence-electron chi connectivity index (χ3n) is 9.50. The van der Waals surface area contributed by atoms with Crippen LogP contribution < -0.4 is 0 Å². The number of rotatable bonds is 3. The summed E-state index contributed by atoms with van der Waals surface area (Å²) in [6.45, 7) is 0. The molecule has 0 nitrogen and oxygen atoms in total. The van der Waals surface area contributed by atoms with Gasteiger partial charge in [0, 0.05) is 0 Å². The fourth-order valence-corrected chi connectivity index (χ4v) is 8.78. The molecular formula is C22H33. The van der Waals surface area contributed by atoms with Gasteiger partial charge in [-0.15, -0.1) is 0 Å². The van der Waals surface area contributed by atoms with Crippen LogP contribution >= 0.6 is 0 Å². The van der Waals surface area contributed by atoms with Crippen LogP contribution in [0.1, 0.15) is 77.0 Å². The third-order valence-corrected chi connectivity index (χ3v) is 9.50. The van der Waals surface area contributed by atoms with Gasteiger partial charge in [-0.3, -0.25) is 0 Å². The monoisotopic (exact) mass is 297 g/mol. The van der Waals surface area contributed by atoms with Gasteiger partial charge in [0.05, 0.1) is 0 Å². The highest BCUT2D eigenvalue weighted by molar-refractivity contribution is 5.19. The van der Waals surface area contributed by atoms with Crippen LogP contribution in [0.15, 0.2) is 0 Å². The van der Waals surface area contributed by atoms with E-state index in [0.29, 0.717) is 0 Å². The van der Waals surface area contributed by atoms with Crippen LogP contribution in [0.4, 0.5) is 0 Å². The van der Waals surface area contributed by atoms with Crippen LogP contribution in [0.3, 0.4) is 0 Å². The van der Waals surface area contributed by atoms with E-state index in [1.165, 1.54) is 0 Å². The summed E-state index contributed by atoms with van der Waals surface area (Å²) in [6.07, 6.45) is 19.3. The second kappa shape index (κ2) is 4.76. The summed E-state index contributed by atoms with van der Waals surface area (Å²) in [5.41, 5.74) is 0. The molecule has 6 rings (SSSR count). The maximum Gasteiger partial charge on any atom is -0.0140 e. The molecule has 0 aliphatic heterocycles. The van der Waals surface area contributed by atoms with Gasteiger partial charge in [-0.2, -0.15) is 0 Å². The van der Waals surface area contributed by atoms with Gasteiger partial charge in [-0.1, -0.05) is 19.3 Å². The normalized spacial score (nSPS) is 58.5. The Hall–Kier alpha value is 0. The molecular weight excluding hydrogens is 264 g/mol. The first-order chi connectivity index (χ1) is 10.8. The molecule has 0 aromatic carbocycles. The van der Waals surface area contributed by atoms with E-state index in [0.717, 1.165) is 53.3 Å². The van der Waals surface area contributed by atoms with Gasteiger partial charge in [0.25, 0.3) is 0 Å². The van der Waals surface area contributed by atoms with E-state index < -0.39 is 0 Å². The fraction of sp³-hybridized carbons (Fsp3) is 0.955. The summed E-state index contributed by atoms with van der Waals surface area (Å²) < 4.78 is 0. The Morgan fingerprint density at radius 3 is 1.00 bits per heavy atom. The fourth-order valence-electron chi connectivity index (χ4n) is 8.78. The molecule has 0 heterocycles. The van der Waals surface area contributed by atoms with Crippen molar-refractivity contribution in [2.75, 3.05) is 0 Å². The Kier molecular flexibility index (Phi) is 2.88. The Morgan fingerprint density at radius 1 is 0.409 bits per heavy atom. The van der Waals surface area contributed by atoms with Crippen LogP contribution in [0, 0.1) is 59.2 Å². The summed E-state index contributed by atoms with van der Waals surface area (Å²) in [5, 5.41) is 0. The second-order valence-electron chi connectivity index (χ2n) is 10.3. The van der Waals surface area contributed by atoms with Crippen LogP contribution in [-0.4, -0.2) is 0 Å². The lowest BCUT2D eigenvalue weighted by molar-refractivity contribution is 0.174. The minimum absolute atomic E-state index is 1.10. The zero-order valence-corrected chi connectivity index (χ0v) is 14.2. The molecule has 6 bridgehead atoms. The molecule has 0 N–H and O–H groups in total. The van der Waals surface area contributed by atoms with Crippen LogP contribution in [0.5, 0.6) is 0 Å². The van der Waals surface area contributed by atoms with Gasteiger partial charge in [0.1, 0.15) is 0 Å². The first kappa shape index (κ1) is 13.3. The summed E-state index contributed by atoms with van der Waals surface area (Å²) in [4.78, 5) is 0. The molecule has 1 radical (unpaired) electrons. The maximum absolute atomic E-state index is 2.23. The first-order valence-electron chi connectivity index (χ1n) is 10.7.